The summed E-state index contributed by atoms with van der Waals surface area (Å²) in [4.78, 5) is 20.6. The van der Waals surface area contributed by atoms with E-state index in [9.17, 15) is 4.79 Å². The lowest BCUT2D eigenvalue weighted by Gasteiger charge is -2.22. The number of anilines is 1. The fourth-order valence-corrected chi connectivity index (χ4v) is 2.53. The molecule has 1 N–H and O–H groups in total. The molecule has 110 valence electrons. The maximum absolute atomic E-state index is 12.4. The van der Waals surface area contributed by atoms with Crippen molar-refractivity contribution in [2.24, 2.45) is 0 Å². The highest BCUT2D eigenvalue weighted by atomic mass is 35.5. The fraction of sp³-hybridized carbons (Fsp3) is 0.571. The van der Waals surface area contributed by atoms with Gasteiger partial charge >= 0.3 is 0 Å². The van der Waals surface area contributed by atoms with Gasteiger partial charge in [0.05, 0.1) is 10.6 Å². The molecular formula is C14H21ClN4O. The summed E-state index contributed by atoms with van der Waals surface area (Å²) in [6, 6.07) is 1.69. The molecule has 2 heterocycles. The number of carbonyl (C=O) groups is 1. The molecule has 0 saturated carbocycles. The van der Waals surface area contributed by atoms with Crippen molar-refractivity contribution in [2.45, 2.75) is 12.8 Å². The van der Waals surface area contributed by atoms with Gasteiger partial charge in [-0.15, -0.1) is 0 Å². The van der Waals surface area contributed by atoms with Crippen LogP contribution in [0.1, 0.15) is 23.2 Å². The zero-order chi connectivity index (χ0) is 14.5. The number of nitrogens with zero attached hydrogens (tertiary/aromatic N) is 3. The largest absolute Gasteiger partial charge is 0.373 e. The standard InChI is InChI=1S/C14H21ClN4O/c1-16-13-9-11(12(15)10-17-13)14(20)18(2)7-8-19-5-3-4-6-19/h9-10H,3-8H2,1-2H3,(H,16,17). The molecule has 1 aliphatic rings. The maximum atomic E-state index is 12.4. The smallest absolute Gasteiger partial charge is 0.255 e. The summed E-state index contributed by atoms with van der Waals surface area (Å²) in [7, 11) is 3.58. The van der Waals surface area contributed by atoms with Crippen molar-refractivity contribution in [1.82, 2.24) is 14.8 Å². The predicted molar refractivity (Wildman–Crippen MR) is 81.4 cm³/mol. The number of rotatable bonds is 5. The van der Waals surface area contributed by atoms with Gasteiger partial charge in [-0.05, 0) is 32.0 Å². The van der Waals surface area contributed by atoms with Crippen LogP contribution in [0.15, 0.2) is 12.3 Å². The van der Waals surface area contributed by atoms with E-state index < -0.39 is 0 Å². The zero-order valence-corrected chi connectivity index (χ0v) is 12.8. The molecule has 0 aliphatic carbocycles. The van der Waals surface area contributed by atoms with Crippen LogP contribution in [0, 0.1) is 0 Å². The molecule has 0 aromatic carbocycles. The van der Waals surface area contributed by atoms with E-state index in [0.29, 0.717) is 22.9 Å². The molecule has 1 aliphatic heterocycles. The Labute approximate surface area is 124 Å². The minimum atomic E-state index is -0.0619. The van der Waals surface area contributed by atoms with Crippen LogP contribution in [-0.4, -0.2) is 61.0 Å². The molecule has 0 radical (unpaired) electrons. The van der Waals surface area contributed by atoms with E-state index in [2.05, 4.69) is 15.2 Å². The Balaban J connectivity index is 1.98. The van der Waals surface area contributed by atoms with Gasteiger partial charge < -0.3 is 15.1 Å². The number of halogens is 1. The summed E-state index contributed by atoms with van der Waals surface area (Å²) in [5.74, 6) is 0.582. The highest BCUT2D eigenvalue weighted by molar-refractivity contribution is 6.33. The van der Waals surface area contributed by atoms with Crippen molar-refractivity contribution in [3.63, 3.8) is 0 Å². The molecule has 0 bridgehead atoms. The Bertz CT molecular complexity index is 474. The second-order valence-electron chi connectivity index (χ2n) is 5.07. The fourth-order valence-electron chi connectivity index (χ4n) is 2.34. The van der Waals surface area contributed by atoms with Gasteiger partial charge in [-0.25, -0.2) is 4.98 Å². The molecule has 0 spiro atoms. The number of likely N-dealkylation sites (tertiary alicyclic amines) is 1. The highest BCUT2D eigenvalue weighted by Gasteiger charge is 2.18. The molecule has 1 saturated heterocycles. The van der Waals surface area contributed by atoms with E-state index in [1.165, 1.54) is 19.0 Å². The third-order valence-corrected chi connectivity index (χ3v) is 3.94. The second kappa shape index (κ2) is 6.90. The number of carbonyl (C=O) groups excluding carboxylic acids is 1. The lowest BCUT2D eigenvalue weighted by atomic mass is 10.2. The average Bonchev–Trinajstić information content (AvgIpc) is 2.98. The molecule has 5 nitrogen and oxygen atoms in total. The van der Waals surface area contributed by atoms with Crippen LogP contribution >= 0.6 is 11.6 Å². The Morgan fingerprint density at radius 3 is 2.85 bits per heavy atom. The first kappa shape index (κ1) is 15.1. The van der Waals surface area contributed by atoms with Gasteiger partial charge in [0, 0.05) is 33.4 Å². The van der Waals surface area contributed by atoms with Gasteiger partial charge in [-0.2, -0.15) is 0 Å². The van der Waals surface area contributed by atoms with E-state index >= 15 is 0 Å². The number of hydrogen-bond donors (Lipinski definition) is 1. The molecule has 1 amide bonds. The first-order valence-corrected chi connectivity index (χ1v) is 7.30. The van der Waals surface area contributed by atoms with E-state index in [0.717, 1.165) is 19.6 Å². The topological polar surface area (TPSA) is 48.5 Å². The Hall–Kier alpha value is -1.33. The molecule has 1 fully saturated rings. The molecular weight excluding hydrogens is 276 g/mol. The lowest BCUT2D eigenvalue weighted by Crippen LogP contribution is -2.35. The minimum Gasteiger partial charge on any atom is -0.373 e. The van der Waals surface area contributed by atoms with E-state index in [-0.39, 0.29) is 5.91 Å². The van der Waals surface area contributed by atoms with E-state index in [1.54, 1.807) is 18.0 Å². The van der Waals surface area contributed by atoms with E-state index in [1.807, 2.05) is 7.05 Å². The monoisotopic (exact) mass is 296 g/mol. The quantitative estimate of drug-likeness (QED) is 0.902. The first-order valence-electron chi connectivity index (χ1n) is 6.93. The first-order chi connectivity index (χ1) is 9.61. The van der Waals surface area contributed by atoms with Crippen LogP contribution in [0.25, 0.3) is 0 Å². The highest BCUT2D eigenvalue weighted by Crippen LogP contribution is 2.19. The van der Waals surface area contributed by atoms with Crippen LogP contribution in [0.5, 0.6) is 0 Å². The molecule has 0 atom stereocenters. The average molecular weight is 297 g/mol. The van der Waals surface area contributed by atoms with Gasteiger partial charge in [0.25, 0.3) is 5.91 Å². The molecule has 2 rings (SSSR count). The van der Waals surface area contributed by atoms with Crippen molar-refractivity contribution in [2.75, 3.05) is 45.6 Å². The van der Waals surface area contributed by atoms with Crippen molar-refractivity contribution in [1.29, 1.82) is 0 Å². The van der Waals surface area contributed by atoms with E-state index in [4.69, 9.17) is 11.6 Å². The number of pyridine rings is 1. The number of amides is 1. The van der Waals surface area contributed by atoms with Crippen LogP contribution < -0.4 is 5.32 Å². The summed E-state index contributed by atoms with van der Waals surface area (Å²) in [6.45, 7) is 3.92. The molecule has 20 heavy (non-hydrogen) atoms. The van der Waals surface area contributed by atoms with Crippen molar-refractivity contribution in [3.8, 4) is 0 Å². The summed E-state index contributed by atoms with van der Waals surface area (Å²) in [5, 5.41) is 3.31. The Morgan fingerprint density at radius 2 is 2.20 bits per heavy atom. The third-order valence-electron chi connectivity index (χ3n) is 3.64. The van der Waals surface area contributed by atoms with Crippen molar-refractivity contribution in [3.05, 3.63) is 22.8 Å². The van der Waals surface area contributed by atoms with Crippen molar-refractivity contribution >= 4 is 23.3 Å². The van der Waals surface area contributed by atoms with Crippen molar-refractivity contribution < 1.29 is 4.79 Å². The van der Waals surface area contributed by atoms with Gasteiger partial charge in [-0.3, -0.25) is 4.79 Å². The summed E-state index contributed by atoms with van der Waals surface area (Å²) >= 11 is 6.07. The van der Waals surface area contributed by atoms with Crippen LogP contribution in [0.3, 0.4) is 0 Å². The third kappa shape index (κ3) is 3.61. The van der Waals surface area contributed by atoms with Gasteiger partial charge in [0.15, 0.2) is 0 Å². The molecule has 6 heteroatoms. The summed E-state index contributed by atoms with van der Waals surface area (Å²) in [5.41, 5.74) is 0.495. The zero-order valence-electron chi connectivity index (χ0n) is 12.0. The normalized spacial score (nSPS) is 15.3. The number of nitrogens with one attached hydrogen (secondary N) is 1. The van der Waals surface area contributed by atoms with Crippen LogP contribution in [0.4, 0.5) is 5.82 Å². The van der Waals surface area contributed by atoms with Gasteiger partial charge in [0.2, 0.25) is 0 Å². The number of aromatic nitrogens is 1. The number of hydrogen-bond acceptors (Lipinski definition) is 4. The van der Waals surface area contributed by atoms with Gasteiger partial charge in [0.1, 0.15) is 5.82 Å². The van der Waals surface area contributed by atoms with Crippen LogP contribution in [-0.2, 0) is 0 Å². The second-order valence-corrected chi connectivity index (χ2v) is 5.48. The summed E-state index contributed by atoms with van der Waals surface area (Å²) < 4.78 is 0. The predicted octanol–water partition coefficient (Wildman–Crippen LogP) is 1.94. The molecule has 1 aromatic rings. The van der Waals surface area contributed by atoms with Gasteiger partial charge in [-0.1, -0.05) is 11.6 Å². The Kier molecular flexibility index (Phi) is 5.20. The SMILES string of the molecule is CNc1cc(C(=O)N(C)CCN2CCCC2)c(Cl)cn1. The molecule has 1 aromatic heterocycles. The summed E-state index contributed by atoms with van der Waals surface area (Å²) in [6.07, 6.45) is 4.04. The minimum absolute atomic E-state index is 0.0619. The number of likely N-dealkylation sites (N-methyl/N-ethyl adjacent to an activating group) is 1. The maximum Gasteiger partial charge on any atom is 0.255 e. The molecule has 0 unspecified atom stereocenters. The lowest BCUT2D eigenvalue weighted by molar-refractivity contribution is 0.0782. The Morgan fingerprint density at radius 1 is 1.50 bits per heavy atom. The van der Waals surface area contributed by atoms with Crippen LogP contribution in [0.2, 0.25) is 5.02 Å².